The Morgan fingerprint density at radius 2 is 2.25 bits per heavy atom. The van der Waals surface area contributed by atoms with Crippen LogP contribution in [0.15, 0.2) is 28.9 Å². The molecule has 1 aromatic heterocycles. The van der Waals surface area contributed by atoms with Crippen LogP contribution in [0.25, 0.3) is 0 Å². The Morgan fingerprint density at radius 1 is 1.50 bits per heavy atom. The zero-order valence-corrected chi connectivity index (χ0v) is 11.3. The first-order valence-corrected chi connectivity index (χ1v) is 5.91. The van der Waals surface area contributed by atoms with E-state index in [9.17, 15) is 14.5 Å². The number of rotatable bonds is 4. The predicted molar refractivity (Wildman–Crippen MR) is 70.7 cm³/mol. The summed E-state index contributed by atoms with van der Waals surface area (Å²) in [5.41, 5.74) is 1.71. The average Bonchev–Trinajstić information content (AvgIpc) is 2.42. The minimum atomic E-state index is -0.700. The summed E-state index contributed by atoms with van der Waals surface area (Å²) in [4.78, 5) is 17.5. The molecule has 2 rings (SSSR count). The first kappa shape index (κ1) is 14.1. The summed E-state index contributed by atoms with van der Waals surface area (Å²) >= 11 is 2.98. The Bertz CT molecular complexity index is 669. The molecule has 0 spiro atoms. The van der Waals surface area contributed by atoms with Gasteiger partial charge < -0.3 is 4.74 Å². The molecule has 10 heteroatoms. The van der Waals surface area contributed by atoms with Crippen molar-refractivity contribution in [2.24, 2.45) is 5.84 Å². The van der Waals surface area contributed by atoms with Gasteiger partial charge >= 0.3 is 11.6 Å². The van der Waals surface area contributed by atoms with E-state index in [1.807, 2.05) is 0 Å². The van der Waals surface area contributed by atoms with Crippen LogP contribution in [-0.2, 0) is 0 Å². The maximum absolute atomic E-state index is 13.1. The number of hydrogen-bond acceptors (Lipinski definition) is 7. The van der Waals surface area contributed by atoms with Gasteiger partial charge in [-0.2, -0.15) is 4.98 Å². The van der Waals surface area contributed by atoms with Crippen molar-refractivity contribution in [2.75, 3.05) is 5.43 Å². The zero-order chi connectivity index (χ0) is 14.7. The van der Waals surface area contributed by atoms with Gasteiger partial charge in [-0.15, -0.1) is 0 Å². The molecule has 0 fully saturated rings. The number of nitrogen functional groups attached to an aromatic ring is 1. The van der Waals surface area contributed by atoms with Crippen molar-refractivity contribution in [1.82, 2.24) is 9.97 Å². The normalized spacial score (nSPS) is 10.2. The van der Waals surface area contributed by atoms with Crippen molar-refractivity contribution >= 4 is 27.6 Å². The minimum absolute atomic E-state index is 0.0493. The number of anilines is 1. The van der Waals surface area contributed by atoms with Crippen LogP contribution in [0.3, 0.4) is 0 Å². The summed E-state index contributed by atoms with van der Waals surface area (Å²) in [7, 11) is 0. The van der Waals surface area contributed by atoms with E-state index in [2.05, 4.69) is 31.3 Å². The highest BCUT2D eigenvalue weighted by molar-refractivity contribution is 9.10. The van der Waals surface area contributed by atoms with Crippen molar-refractivity contribution in [3.05, 3.63) is 44.8 Å². The second-order valence-electron chi connectivity index (χ2n) is 3.46. The molecule has 0 amide bonds. The predicted octanol–water partition coefficient (Wildman–Crippen LogP) is 2.36. The lowest BCUT2D eigenvalue weighted by Gasteiger charge is -2.07. The number of halogens is 2. The van der Waals surface area contributed by atoms with Crippen molar-refractivity contribution < 1.29 is 14.1 Å². The Kier molecular flexibility index (Phi) is 4.05. The Morgan fingerprint density at radius 3 is 2.85 bits per heavy atom. The quantitative estimate of drug-likeness (QED) is 0.497. The van der Waals surface area contributed by atoms with E-state index < -0.39 is 16.4 Å². The van der Waals surface area contributed by atoms with E-state index >= 15 is 0 Å². The van der Waals surface area contributed by atoms with Crippen LogP contribution >= 0.6 is 15.9 Å². The second kappa shape index (κ2) is 5.75. The molecule has 0 aliphatic carbocycles. The Hall–Kier alpha value is -2.33. The number of nitro groups is 1. The molecule has 3 N–H and O–H groups in total. The number of hydrogen-bond donors (Lipinski definition) is 2. The van der Waals surface area contributed by atoms with Crippen molar-refractivity contribution in [2.45, 2.75) is 0 Å². The molecular formula is C10H7BrFN5O3. The molecule has 2 aromatic rings. The SMILES string of the molecule is NNc1ncc([N+](=O)[O-])c(Oc2ccc(F)c(Br)c2)n1. The lowest BCUT2D eigenvalue weighted by atomic mass is 10.3. The van der Waals surface area contributed by atoms with Crippen molar-refractivity contribution in [3.8, 4) is 11.6 Å². The zero-order valence-electron chi connectivity index (χ0n) is 9.71. The van der Waals surface area contributed by atoms with Gasteiger partial charge in [0.2, 0.25) is 5.95 Å². The van der Waals surface area contributed by atoms with Gasteiger partial charge in [0.05, 0.1) is 9.40 Å². The van der Waals surface area contributed by atoms with Crippen molar-refractivity contribution in [1.29, 1.82) is 0 Å². The summed E-state index contributed by atoms with van der Waals surface area (Å²) in [6, 6.07) is 3.77. The maximum atomic E-state index is 13.1. The van der Waals surface area contributed by atoms with Gasteiger partial charge in [-0.25, -0.2) is 15.2 Å². The molecule has 0 radical (unpaired) electrons. The molecule has 1 heterocycles. The third kappa shape index (κ3) is 2.97. The van der Waals surface area contributed by atoms with Crippen LogP contribution in [0.1, 0.15) is 0 Å². The first-order valence-electron chi connectivity index (χ1n) is 5.12. The molecular weight excluding hydrogens is 337 g/mol. The molecule has 1 aromatic carbocycles. The topological polar surface area (TPSA) is 116 Å². The van der Waals surface area contributed by atoms with E-state index in [0.717, 1.165) is 12.3 Å². The van der Waals surface area contributed by atoms with Crippen LogP contribution in [0.2, 0.25) is 0 Å². The number of nitrogens with one attached hydrogen (secondary N) is 1. The number of nitrogens with two attached hydrogens (primary N) is 1. The molecule has 0 atom stereocenters. The molecule has 0 unspecified atom stereocenters. The van der Waals surface area contributed by atoms with Crippen LogP contribution in [-0.4, -0.2) is 14.9 Å². The summed E-state index contributed by atoms with van der Waals surface area (Å²) in [5.74, 6) is 4.45. The molecule has 0 saturated heterocycles. The first-order chi connectivity index (χ1) is 9.51. The van der Waals surface area contributed by atoms with Crippen LogP contribution in [0, 0.1) is 15.9 Å². The van der Waals surface area contributed by atoms with E-state index in [0.29, 0.717) is 0 Å². The van der Waals surface area contributed by atoms with Gasteiger partial charge in [-0.3, -0.25) is 15.5 Å². The van der Waals surface area contributed by atoms with Crippen LogP contribution < -0.4 is 16.0 Å². The summed E-state index contributed by atoms with van der Waals surface area (Å²) in [6.45, 7) is 0. The summed E-state index contributed by atoms with van der Waals surface area (Å²) < 4.78 is 18.5. The largest absolute Gasteiger partial charge is 0.434 e. The van der Waals surface area contributed by atoms with Crippen LogP contribution in [0.5, 0.6) is 11.6 Å². The molecule has 0 aliphatic heterocycles. The van der Waals surface area contributed by atoms with Crippen molar-refractivity contribution in [3.63, 3.8) is 0 Å². The average molecular weight is 344 g/mol. The Labute approximate surface area is 120 Å². The molecule has 0 bridgehead atoms. The lowest BCUT2D eigenvalue weighted by molar-refractivity contribution is -0.386. The van der Waals surface area contributed by atoms with Gasteiger partial charge in [0.15, 0.2) is 0 Å². The highest BCUT2D eigenvalue weighted by Crippen LogP contribution is 2.31. The molecule has 104 valence electrons. The monoisotopic (exact) mass is 343 g/mol. The third-order valence-electron chi connectivity index (χ3n) is 2.17. The maximum Gasteiger partial charge on any atom is 0.349 e. The third-order valence-corrected chi connectivity index (χ3v) is 2.77. The minimum Gasteiger partial charge on any atom is -0.434 e. The smallest absolute Gasteiger partial charge is 0.349 e. The Balaban J connectivity index is 2.40. The molecule has 0 aliphatic rings. The van der Waals surface area contributed by atoms with E-state index in [1.54, 1.807) is 0 Å². The van der Waals surface area contributed by atoms with Crippen LogP contribution in [0.4, 0.5) is 16.0 Å². The fourth-order valence-electron chi connectivity index (χ4n) is 1.28. The summed E-state index contributed by atoms with van der Waals surface area (Å²) in [5, 5.41) is 10.9. The molecule has 20 heavy (non-hydrogen) atoms. The van der Waals surface area contributed by atoms with Gasteiger partial charge in [0.25, 0.3) is 0 Å². The number of ether oxygens (including phenoxy) is 1. The highest BCUT2D eigenvalue weighted by Gasteiger charge is 2.19. The van der Waals surface area contributed by atoms with Gasteiger partial charge in [-0.1, -0.05) is 0 Å². The number of nitrogens with zero attached hydrogens (tertiary/aromatic N) is 3. The van der Waals surface area contributed by atoms with E-state index in [4.69, 9.17) is 10.6 Å². The molecule has 0 saturated carbocycles. The fraction of sp³-hybridized carbons (Fsp3) is 0. The highest BCUT2D eigenvalue weighted by atomic mass is 79.9. The second-order valence-corrected chi connectivity index (χ2v) is 4.32. The van der Waals surface area contributed by atoms with Gasteiger partial charge in [0, 0.05) is 0 Å². The van der Waals surface area contributed by atoms with Gasteiger partial charge in [-0.05, 0) is 34.1 Å². The van der Waals surface area contributed by atoms with E-state index in [-0.39, 0.29) is 22.1 Å². The fourth-order valence-corrected chi connectivity index (χ4v) is 1.64. The number of benzene rings is 1. The van der Waals surface area contributed by atoms with E-state index in [1.165, 1.54) is 12.1 Å². The number of hydrazine groups is 1. The van der Waals surface area contributed by atoms with Gasteiger partial charge in [0.1, 0.15) is 17.8 Å². The lowest BCUT2D eigenvalue weighted by Crippen LogP contribution is -2.11. The number of aromatic nitrogens is 2. The standard InChI is InChI=1S/C10H7BrFN5O3/c11-6-3-5(1-2-7(6)12)20-9-8(17(18)19)4-14-10(15-9)16-13/h1-4H,13H2,(H,14,15,16). The molecule has 8 nitrogen and oxygen atoms in total. The summed E-state index contributed by atoms with van der Waals surface area (Å²) in [6.07, 6.45) is 0.954.